The van der Waals surface area contributed by atoms with E-state index in [0.29, 0.717) is 43.7 Å². The molecule has 176 valence electrons. The quantitative estimate of drug-likeness (QED) is 0.337. The minimum atomic E-state index is -0.565. The number of carbonyl (C=O) groups excluding carboxylic acids is 2. The van der Waals surface area contributed by atoms with Crippen molar-refractivity contribution in [1.82, 2.24) is 4.98 Å². The molecule has 0 unspecified atom stereocenters. The van der Waals surface area contributed by atoms with E-state index in [-0.39, 0.29) is 11.8 Å². The van der Waals surface area contributed by atoms with E-state index < -0.39 is 5.54 Å². The SMILES string of the molecule is CC(=O)Nc1nc2ccc(Oc3cccc(NC(=O)c4cccc(C(C)(C)N)c4)c3)c(C#N)c2s1. The number of benzene rings is 3. The molecule has 0 bridgehead atoms. The van der Waals surface area contributed by atoms with Crippen molar-refractivity contribution in [1.29, 1.82) is 5.26 Å². The molecule has 1 aromatic heterocycles. The first-order valence-electron chi connectivity index (χ1n) is 10.7. The van der Waals surface area contributed by atoms with Crippen molar-refractivity contribution >= 4 is 44.2 Å². The molecule has 0 aliphatic carbocycles. The largest absolute Gasteiger partial charge is 0.456 e. The fraction of sp³-hybridized carbons (Fsp3) is 0.154. The average Bonchev–Trinajstić information content (AvgIpc) is 3.20. The van der Waals surface area contributed by atoms with Crippen molar-refractivity contribution in [3.63, 3.8) is 0 Å². The lowest BCUT2D eigenvalue weighted by atomic mass is 9.94. The normalized spacial score (nSPS) is 11.1. The Hall–Kier alpha value is -4.26. The highest BCUT2D eigenvalue weighted by Crippen LogP contribution is 2.36. The number of thiazole rings is 1. The number of nitrogens with one attached hydrogen (secondary N) is 2. The van der Waals surface area contributed by atoms with Crippen molar-refractivity contribution < 1.29 is 14.3 Å². The summed E-state index contributed by atoms with van der Waals surface area (Å²) >= 11 is 1.20. The van der Waals surface area contributed by atoms with Gasteiger partial charge in [0.25, 0.3) is 5.91 Å². The molecule has 8 nitrogen and oxygen atoms in total. The second-order valence-corrected chi connectivity index (χ2v) is 9.48. The van der Waals surface area contributed by atoms with Crippen LogP contribution in [0.5, 0.6) is 11.5 Å². The van der Waals surface area contributed by atoms with Crippen molar-refractivity contribution in [2.45, 2.75) is 26.3 Å². The van der Waals surface area contributed by atoms with Gasteiger partial charge in [-0.2, -0.15) is 5.26 Å². The van der Waals surface area contributed by atoms with E-state index in [2.05, 4.69) is 21.7 Å². The van der Waals surface area contributed by atoms with Gasteiger partial charge in [0.1, 0.15) is 23.1 Å². The zero-order chi connectivity index (χ0) is 25.2. The van der Waals surface area contributed by atoms with E-state index in [4.69, 9.17) is 10.5 Å². The third-order valence-corrected chi connectivity index (χ3v) is 6.11. The third-order valence-electron chi connectivity index (χ3n) is 5.10. The van der Waals surface area contributed by atoms with Crippen molar-refractivity contribution in [2.24, 2.45) is 5.73 Å². The first-order valence-corrected chi connectivity index (χ1v) is 11.6. The highest BCUT2D eigenvalue weighted by molar-refractivity contribution is 7.22. The van der Waals surface area contributed by atoms with Crippen LogP contribution in [0.3, 0.4) is 0 Å². The fourth-order valence-corrected chi connectivity index (χ4v) is 4.40. The number of carbonyl (C=O) groups is 2. The van der Waals surface area contributed by atoms with E-state index in [0.717, 1.165) is 5.56 Å². The molecule has 0 aliphatic rings. The van der Waals surface area contributed by atoms with Gasteiger partial charge in [0.05, 0.1) is 10.2 Å². The average molecular weight is 486 g/mol. The van der Waals surface area contributed by atoms with Gasteiger partial charge in [-0.3, -0.25) is 9.59 Å². The monoisotopic (exact) mass is 485 g/mol. The Morgan fingerprint density at radius 2 is 1.86 bits per heavy atom. The molecule has 4 N–H and O–H groups in total. The van der Waals surface area contributed by atoms with Crippen LogP contribution in [0.15, 0.2) is 60.7 Å². The van der Waals surface area contributed by atoms with Gasteiger partial charge in [0.15, 0.2) is 5.13 Å². The molecule has 0 radical (unpaired) electrons. The van der Waals surface area contributed by atoms with Crippen LogP contribution in [-0.4, -0.2) is 16.8 Å². The van der Waals surface area contributed by atoms with Gasteiger partial charge in [-0.1, -0.05) is 29.5 Å². The Kier molecular flexibility index (Phi) is 6.51. The second-order valence-electron chi connectivity index (χ2n) is 8.49. The van der Waals surface area contributed by atoms with Crippen LogP contribution in [0.1, 0.15) is 42.3 Å². The number of nitrogens with two attached hydrogens (primary N) is 1. The molecule has 1 heterocycles. The molecular formula is C26H23N5O3S. The molecule has 9 heteroatoms. The number of nitrogens with zero attached hydrogens (tertiary/aromatic N) is 2. The van der Waals surface area contributed by atoms with Gasteiger partial charge in [-0.05, 0) is 55.8 Å². The second kappa shape index (κ2) is 9.54. The summed E-state index contributed by atoms with van der Waals surface area (Å²) in [6, 6.07) is 19.6. The summed E-state index contributed by atoms with van der Waals surface area (Å²) in [4.78, 5) is 28.5. The maximum atomic E-state index is 12.8. The molecule has 0 fully saturated rings. The van der Waals surface area contributed by atoms with Gasteiger partial charge in [-0.25, -0.2) is 4.98 Å². The van der Waals surface area contributed by atoms with Crippen LogP contribution in [0.2, 0.25) is 0 Å². The number of fused-ring (bicyclic) bond motifs is 1. The molecule has 4 aromatic rings. The van der Waals surface area contributed by atoms with E-state index >= 15 is 0 Å². The van der Waals surface area contributed by atoms with Gasteiger partial charge >= 0.3 is 0 Å². The number of rotatable bonds is 6. The Morgan fingerprint density at radius 1 is 1.09 bits per heavy atom. The number of hydrogen-bond acceptors (Lipinski definition) is 7. The molecular weight excluding hydrogens is 462 g/mol. The Balaban J connectivity index is 1.56. The lowest BCUT2D eigenvalue weighted by Crippen LogP contribution is -2.29. The molecule has 4 rings (SSSR count). The predicted octanol–water partition coefficient (Wildman–Crippen LogP) is 5.36. The van der Waals surface area contributed by atoms with E-state index in [9.17, 15) is 14.9 Å². The highest BCUT2D eigenvalue weighted by Gasteiger charge is 2.17. The predicted molar refractivity (Wildman–Crippen MR) is 137 cm³/mol. The molecule has 0 spiro atoms. The summed E-state index contributed by atoms with van der Waals surface area (Å²) in [6.45, 7) is 5.16. The topological polar surface area (TPSA) is 130 Å². The molecule has 3 aromatic carbocycles. The van der Waals surface area contributed by atoms with E-state index in [1.54, 1.807) is 54.6 Å². The Bertz CT molecular complexity index is 1480. The number of hydrogen-bond donors (Lipinski definition) is 3. The summed E-state index contributed by atoms with van der Waals surface area (Å²) in [7, 11) is 0. The van der Waals surface area contributed by atoms with Gasteiger partial charge in [0, 0.05) is 29.8 Å². The number of nitriles is 1. The van der Waals surface area contributed by atoms with Crippen LogP contribution in [-0.2, 0) is 10.3 Å². The minimum Gasteiger partial charge on any atom is -0.456 e. The molecule has 35 heavy (non-hydrogen) atoms. The Morgan fingerprint density at radius 3 is 2.57 bits per heavy atom. The summed E-state index contributed by atoms with van der Waals surface area (Å²) in [5, 5.41) is 15.7. The van der Waals surface area contributed by atoms with Crippen molar-refractivity contribution in [3.05, 3.63) is 77.4 Å². The third kappa shape index (κ3) is 5.46. The van der Waals surface area contributed by atoms with Crippen LogP contribution < -0.4 is 21.1 Å². The van der Waals surface area contributed by atoms with Gasteiger partial charge < -0.3 is 21.1 Å². The number of amides is 2. The smallest absolute Gasteiger partial charge is 0.255 e. The van der Waals surface area contributed by atoms with Crippen LogP contribution in [0.25, 0.3) is 10.2 Å². The van der Waals surface area contributed by atoms with Crippen molar-refractivity contribution in [2.75, 3.05) is 10.6 Å². The molecule has 0 aliphatic heterocycles. The fourth-order valence-electron chi connectivity index (χ4n) is 3.40. The molecule has 2 amide bonds. The van der Waals surface area contributed by atoms with Gasteiger partial charge in [0.2, 0.25) is 5.91 Å². The van der Waals surface area contributed by atoms with Crippen molar-refractivity contribution in [3.8, 4) is 17.6 Å². The maximum Gasteiger partial charge on any atom is 0.255 e. The lowest BCUT2D eigenvalue weighted by molar-refractivity contribution is -0.114. The Labute approximate surface area is 206 Å². The first kappa shape index (κ1) is 23.9. The maximum absolute atomic E-state index is 12.8. The number of ether oxygens (including phenoxy) is 1. The summed E-state index contributed by atoms with van der Waals surface area (Å²) in [5.74, 6) is 0.278. The van der Waals surface area contributed by atoms with Gasteiger partial charge in [-0.15, -0.1) is 0 Å². The lowest BCUT2D eigenvalue weighted by Gasteiger charge is -2.19. The number of aromatic nitrogens is 1. The summed E-state index contributed by atoms with van der Waals surface area (Å²) in [6.07, 6.45) is 0. The summed E-state index contributed by atoms with van der Waals surface area (Å²) < 4.78 is 6.60. The standard InChI is InChI=1S/C26H23N5O3S/c1-15(32)29-25-31-21-10-11-22(20(14-27)23(21)35-25)34-19-9-5-8-18(13-19)30-24(33)16-6-4-7-17(12-16)26(2,3)28/h4-13H,28H2,1-3H3,(H,30,33)(H,29,31,32). The van der Waals surface area contributed by atoms with Crippen LogP contribution in [0, 0.1) is 11.3 Å². The zero-order valence-electron chi connectivity index (χ0n) is 19.4. The molecule has 0 atom stereocenters. The van der Waals surface area contributed by atoms with Crippen LogP contribution in [0.4, 0.5) is 10.8 Å². The highest BCUT2D eigenvalue weighted by atomic mass is 32.1. The zero-order valence-corrected chi connectivity index (χ0v) is 20.2. The van der Waals surface area contributed by atoms with E-state index in [1.807, 2.05) is 19.9 Å². The molecule has 0 saturated carbocycles. The first-order chi connectivity index (χ1) is 16.6. The molecule has 0 saturated heterocycles. The summed E-state index contributed by atoms with van der Waals surface area (Å²) in [5.41, 5.74) is 8.38. The number of anilines is 2. The minimum absolute atomic E-state index is 0.239. The van der Waals surface area contributed by atoms with E-state index in [1.165, 1.54) is 18.3 Å². The van der Waals surface area contributed by atoms with Crippen LogP contribution >= 0.6 is 11.3 Å².